The second kappa shape index (κ2) is 5.60. The molecule has 2 aromatic rings. The van der Waals surface area contributed by atoms with E-state index < -0.39 is 0 Å². The lowest BCUT2D eigenvalue weighted by molar-refractivity contribution is 0.0948. The summed E-state index contributed by atoms with van der Waals surface area (Å²) in [5.74, 6) is -0.171. The third kappa shape index (κ3) is 2.65. The predicted molar refractivity (Wildman–Crippen MR) is 72.3 cm³/mol. The van der Waals surface area contributed by atoms with Crippen molar-refractivity contribution in [1.82, 2.24) is 10.3 Å². The van der Waals surface area contributed by atoms with E-state index in [4.69, 9.17) is 5.73 Å². The molecule has 1 aromatic heterocycles. The third-order valence-corrected chi connectivity index (χ3v) is 2.94. The molecular weight excluding hydrogens is 226 g/mol. The lowest BCUT2D eigenvalue weighted by Crippen LogP contribution is -2.37. The Balaban J connectivity index is 2.22. The van der Waals surface area contributed by atoms with Gasteiger partial charge in [-0.25, -0.2) is 0 Å². The first-order valence-electron chi connectivity index (χ1n) is 6.10. The van der Waals surface area contributed by atoms with E-state index in [1.54, 1.807) is 6.20 Å². The van der Waals surface area contributed by atoms with E-state index in [1.807, 2.05) is 37.3 Å². The maximum Gasteiger partial charge on any atom is 0.270 e. The van der Waals surface area contributed by atoms with Crippen molar-refractivity contribution in [2.24, 2.45) is 5.73 Å². The fourth-order valence-electron chi connectivity index (χ4n) is 1.75. The van der Waals surface area contributed by atoms with Gasteiger partial charge in [0.15, 0.2) is 0 Å². The highest BCUT2D eigenvalue weighted by Gasteiger charge is 2.11. The summed E-state index contributed by atoms with van der Waals surface area (Å²) in [5, 5.41) is 4.69. The Morgan fingerprint density at radius 3 is 2.94 bits per heavy atom. The molecule has 4 heteroatoms. The smallest absolute Gasteiger partial charge is 0.270 e. The van der Waals surface area contributed by atoms with E-state index in [9.17, 15) is 4.79 Å². The minimum Gasteiger partial charge on any atom is -0.349 e. The highest BCUT2D eigenvalue weighted by Crippen LogP contribution is 2.15. The molecule has 1 unspecified atom stereocenters. The Kier molecular flexibility index (Phi) is 3.89. The first-order chi connectivity index (χ1) is 8.72. The van der Waals surface area contributed by atoms with Crippen LogP contribution in [0.15, 0.2) is 36.5 Å². The molecular formula is C14H17N3O. The third-order valence-electron chi connectivity index (χ3n) is 2.94. The Hall–Kier alpha value is -1.94. The van der Waals surface area contributed by atoms with E-state index in [0.29, 0.717) is 12.2 Å². The molecule has 2 rings (SSSR count). The number of carbonyl (C=O) groups excluding carboxylic acids is 1. The largest absolute Gasteiger partial charge is 0.349 e. The van der Waals surface area contributed by atoms with Gasteiger partial charge in [0.05, 0.1) is 0 Å². The van der Waals surface area contributed by atoms with Crippen molar-refractivity contribution in [3.8, 4) is 0 Å². The van der Waals surface area contributed by atoms with Crippen molar-refractivity contribution in [2.75, 3.05) is 6.54 Å². The monoisotopic (exact) mass is 243 g/mol. The van der Waals surface area contributed by atoms with Gasteiger partial charge in [0.25, 0.3) is 5.91 Å². The first kappa shape index (κ1) is 12.5. The van der Waals surface area contributed by atoms with Gasteiger partial charge in [-0.15, -0.1) is 0 Å². The average Bonchev–Trinajstić information content (AvgIpc) is 2.43. The van der Waals surface area contributed by atoms with Crippen molar-refractivity contribution in [2.45, 2.75) is 19.4 Å². The lowest BCUT2D eigenvalue weighted by Gasteiger charge is -2.10. The Morgan fingerprint density at radius 2 is 2.17 bits per heavy atom. The number of nitrogens with zero attached hydrogens (tertiary/aromatic N) is 1. The van der Waals surface area contributed by atoms with Crippen molar-refractivity contribution in [3.63, 3.8) is 0 Å². The molecule has 0 spiro atoms. The summed E-state index contributed by atoms with van der Waals surface area (Å²) in [6, 6.07) is 9.59. The van der Waals surface area contributed by atoms with Crippen LogP contribution in [0.25, 0.3) is 10.8 Å². The molecule has 0 saturated carbocycles. The normalized spacial score (nSPS) is 12.3. The summed E-state index contributed by atoms with van der Waals surface area (Å²) in [4.78, 5) is 16.2. The zero-order chi connectivity index (χ0) is 13.0. The summed E-state index contributed by atoms with van der Waals surface area (Å²) in [6.07, 6.45) is 2.49. The molecule has 94 valence electrons. The van der Waals surface area contributed by atoms with Crippen molar-refractivity contribution in [3.05, 3.63) is 42.2 Å². The van der Waals surface area contributed by atoms with Gasteiger partial charge < -0.3 is 11.1 Å². The van der Waals surface area contributed by atoms with E-state index in [0.717, 1.165) is 17.2 Å². The summed E-state index contributed by atoms with van der Waals surface area (Å²) < 4.78 is 0. The number of carbonyl (C=O) groups is 1. The van der Waals surface area contributed by atoms with Crippen LogP contribution in [0.2, 0.25) is 0 Å². The van der Waals surface area contributed by atoms with Gasteiger partial charge in [0, 0.05) is 24.2 Å². The molecule has 0 fully saturated rings. The van der Waals surface area contributed by atoms with Gasteiger partial charge in [-0.3, -0.25) is 9.78 Å². The predicted octanol–water partition coefficient (Wildman–Crippen LogP) is 1.70. The molecule has 0 radical (unpaired) electrons. The van der Waals surface area contributed by atoms with Gasteiger partial charge in [0.1, 0.15) is 5.69 Å². The number of pyridine rings is 1. The van der Waals surface area contributed by atoms with Crippen LogP contribution in [0.1, 0.15) is 23.8 Å². The summed E-state index contributed by atoms with van der Waals surface area (Å²) in [7, 11) is 0. The Labute approximate surface area is 106 Å². The number of amides is 1. The van der Waals surface area contributed by atoms with E-state index in [1.165, 1.54) is 0 Å². The highest BCUT2D eigenvalue weighted by atomic mass is 16.1. The standard InChI is InChI=1S/C14H17N3O/c1-2-11(15)9-17-14(18)13-12-6-4-3-5-10(12)7-8-16-13/h3-8,11H,2,9,15H2,1H3,(H,17,18). The van der Waals surface area contributed by atoms with Gasteiger partial charge in [0.2, 0.25) is 0 Å². The van der Waals surface area contributed by atoms with Crippen LogP contribution >= 0.6 is 0 Å². The summed E-state index contributed by atoms with van der Waals surface area (Å²) in [5.41, 5.74) is 6.23. The topological polar surface area (TPSA) is 68.0 Å². The molecule has 1 amide bonds. The number of nitrogens with two attached hydrogens (primary N) is 1. The molecule has 0 aliphatic rings. The molecule has 0 aliphatic heterocycles. The van der Waals surface area contributed by atoms with Crippen LogP contribution in [0.4, 0.5) is 0 Å². The highest BCUT2D eigenvalue weighted by molar-refractivity contribution is 6.05. The van der Waals surface area contributed by atoms with Crippen LogP contribution in [-0.2, 0) is 0 Å². The van der Waals surface area contributed by atoms with Crippen molar-refractivity contribution >= 4 is 16.7 Å². The molecule has 3 N–H and O–H groups in total. The van der Waals surface area contributed by atoms with Crippen LogP contribution in [0.3, 0.4) is 0 Å². The number of aromatic nitrogens is 1. The minimum absolute atomic E-state index is 0.0103. The summed E-state index contributed by atoms with van der Waals surface area (Å²) >= 11 is 0. The maximum atomic E-state index is 12.0. The summed E-state index contributed by atoms with van der Waals surface area (Å²) in [6.45, 7) is 2.47. The zero-order valence-electron chi connectivity index (χ0n) is 10.4. The minimum atomic E-state index is -0.171. The molecule has 18 heavy (non-hydrogen) atoms. The van der Waals surface area contributed by atoms with Gasteiger partial charge in [-0.1, -0.05) is 31.2 Å². The molecule has 0 aliphatic carbocycles. The molecule has 1 atom stereocenters. The molecule has 0 bridgehead atoms. The number of fused-ring (bicyclic) bond motifs is 1. The van der Waals surface area contributed by atoms with Crippen molar-refractivity contribution < 1.29 is 4.79 Å². The quantitative estimate of drug-likeness (QED) is 0.858. The zero-order valence-corrected chi connectivity index (χ0v) is 10.4. The van der Waals surface area contributed by atoms with E-state index >= 15 is 0 Å². The van der Waals surface area contributed by atoms with Crippen LogP contribution in [0, 0.1) is 0 Å². The fraction of sp³-hybridized carbons (Fsp3) is 0.286. The number of hydrogen-bond donors (Lipinski definition) is 2. The average molecular weight is 243 g/mol. The van der Waals surface area contributed by atoms with Crippen LogP contribution in [-0.4, -0.2) is 23.5 Å². The van der Waals surface area contributed by atoms with Gasteiger partial charge >= 0.3 is 0 Å². The van der Waals surface area contributed by atoms with E-state index in [2.05, 4.69) is 10.3 Å². The van der Waals surface area contributed by atoms with Crippen LogP contribution < -0.4 is 11.1 Å². The Bertz CT molecular complexity index is 548. The second-order valence-electron chi connectivity index (χ2n) is 4.26. The molecule has 1 heterocycles. The van der Waals surface area contributed by atoms with Crippen LogP contribution in [0.5, 0.6) is 0 Å². The molecule has 1 aromatic carbocycles. The number of nitrogens with one attached hydrogen (secondary N) is 1. The molecule has 0 saturated heterocycles. The maximum absolute atomic E-state index is 12.0. The molecule has 4 nitrogen and oxygen atoms in total. The number of rotatable bonds is 4. The van der Waals surface area contributed by atoms with Crippen molar-refractivity contribution in [1.29, 1.82) is 0 Å². The number of hydrogen-bond acceptors (Lipinski definition) is 3. The first-order valence-corrected chi connectivity index (χ1v) is 6.10. The second-order valence-corrected chi connectivity index (χ2v) is 4.26. The van der Waals surface area contributed by atoms with Gasteiger partial charge in [-0.2, -0.15) is 0 Å². The Morgan fingerprint density at radius 1 is 1.39 bits per heavy atom. The lowest BCUT2D eigenvalue weighted by atomic mass is 10.1. The van der Waals surface area contributed by atoms with E-state index in [-0.39, 0.29) is 11.9 Å². The fourth-order valence-corrected chi connectivity index (χ4v) is 1.75. The van der Waals surface area contributed by atoms with Gasteiger partial charge in [-0.05, 0) is 17.9 Å². The SMILES string of the molecule is CCC(N)CNC(=O)c1nccc2ccccc12. The number of benzene rings is 1.